The molecule has 0 unspecified atom stereocenters. The molecule has 2 aromatic heterocycles. The second-order valence-corrected chi connectivity index (χ2v) is 6.86. The van der Waals surface area contributed by atoms with Crippen LogP contribution in [-0.2, 0) is 4.74 Å². The number of carbonyl (C=O) groups is 1. The van der Waals surface area contributed by atoms with Crippen molar-refractivity contribution in [3.05, 3.63) is 30.5 Å². The van der Waals surface area contributed by atoms with Gasteiger partial charge in [-0.05, 0) is 12.1 Å². The number of nitrogens with one attached hydrogen (secondary N) is 4. The number of amides is 2. The lowest BCUT2D eigenvalue weighted by Gasteiger charge is -2.26. The summed E-state index contributed by atoms with van der Waals surface area (Å²) >= 11 is 0. The molecule has 4 N–H and O–H groups in total. The summed E-state index contributed by atoms with van der Waals surface area (Å²) in [6.07, 6.45) is 1.56. The van der Waals surface area contributed by atoms with Crippen molar-refractivity contribution in [3.63, 3.8) is 0 Å². The molecular formula is C19H21N7O4. The van der Waals surface area contributed by atoms with E-state index in [1.807, 2.05) is 24.3 Å². The number of anilines is 4. The van der Waals surface area contributed by atoms with E-state index < -0.39 is 0 Å². The van der Waals surface area contributed by atoms with E-state index in [4.69, 9.17) is 14.2 Å². The van der Waals surface area contributed by atoms with Gasteiger partial charge in [0.05, 0.1) is 31.1 Å². The van der Waals surface area contributed by atoms with Crippen LogP contribution in [0.3, 0.4) is 0 Å². The number of fused-ring (bicyclic) bond motifs is 2. The van der Waals surface area contributed by atoms with E-state index in [1.54, 1.807) is 17.8 Å². The molecule has 0 atom stereocenters. The average molecular weight is 411 g/mol. The maximum Gasteiger partial charge on any atom is 0.319 e. The molecule has 0 radical (unpaired) electrons. The molecule has 5 rings (SSSR count). The minimum absolute atomic E-state index is 0.0244. The summed E-state index contributed by atoms with van der Waals surface area (Å²) in [5.41, 5.74) is 1.72. The first-order valence-corrected chi connectivity index (χ1v) is 9.58. The van der Waals surface area contributed by atoms with Crippen LogP contribution in [0.15, 0.2) is 30.5 Å². The quantitative estimate of drug-likeness (QED) is 0.501. The maximum atomic E-state index is 12.2. The first-order valence-electron chi connectivity index (χ1n) is 9.58. The van der Waals surface area contributed by atoms with Gasteiger partial charge in [-0.3, -0.25) is 0 Å². The van der Waals surface area contributed by atoms with E-state index >= 15 is 0 Å². The molecule has 0 bridgehead atoms. The zero-order valence-corrected chi connectivity index (χ0v) is 16.3. The van der Waals surface area contributed by atoms with Gasteiger partial charge in [-0.2, -0.15) is 9.61 Å². The molecule has 0 saturated carbocycles. The number of urea groups is 1. The first-order chi connectivity index (χ1) is 14.7. The van der Waals surface area contributed by atoms with Crippen molar-refractivity contribution in [1.29, 1.82) is 0 Å². The van der Waals surface area contributed by atoms with Gasteiger partial charge in [-0.25, -0.2) is 9.78 Å². The summed E-state index contributed by atoms with van der Waals surface area (Å²) in [6.45, 7) is 2.04. The molecule has 4 heterocycles. The zero-order chi connectivity index (χ0) is 20.5. The lowest BCUT2D eigenvalue weighted by molar-refractivity contribution is 0.000736. The number of benzene rings is 1. The number of carbonyl (C=O) groups excluding carboxylic acids is 1. The molecule has 2 amide bonds. The van der Waals surface area contributed by atoms with E-state index in [2.05, 4.69) is 31.3 Å². The van der Waals surface area contributed by atoms with Gasteiger partial charge in [0.2, 0.25) is 0 Å². The number of hydrogen-bond acceptors (Lipinski definition) is 8. The van der Waals surface area contributed by atoms with Crippen molar-refractivity contribution < 1.29 is 19.0 Å². The highest BCUT2D eigenvalue weighted by Crippen LogP contribution is 2.38. The SMILES string of the molecule is CNc1cc(Nc2cccc3c2OCCO3)nc2c(NC(=O)NC3COC3)cnn12. The average Bonchev–Trinajstić information content (AvgIpc) is 3.13. The second kappa shape index (κ2) is 7.59. The van der Waals surface area contributed by atoms with E-state index in [9.17, 15) is 4.79 Å². The van der Waals surface area contributed by atoms with Crippen LogP contribution >= 0.6 is 0 Å². The smallest absolute Gasteiger partial charge is 0.319 e. The third-order valence-corrected chi connectivity index (χ3v) is 4.78. The van der Waals surface area contributed by atoms with E-state index in [-0.39, 0.29) is 12.1 Å². The Hall–Kier alpha value is -3.73. The fourth-order valence-electron chi connectivity index (χ4n) is 3.27. The number of rotatable bonds is 5. The van der Waals surface area contributed by atoms with Gasteiger partial charge in [0.25, 0.3) is 0 Å². The molecule has 1 aromatic carbocycles. The maximum absolute atomic E-state index is 12.2. The number of nitrogens with zero attached hydrogens (tertiary/aromatic N) is 3. The lowest BCUT2D eigenvalue weighted by Crippen LogP contribution is -2.49. The summed E-state index contributed by atoms with van der Waals surface area (Å²) < 4.78 is 18.1. The Morgan fingerprint density at radius 2 is 2.07 bits per heavy atom. The Morgan fingerprint density at radius 3 is 2.87 bits per heavy atom. The minimum Gasteiger partial charge on any atom is -0.486 e. The fraction of sp³-hybridized carbons (Fsp3) is 0.316. The van der Waals surface area contributed by atoms with Crippen molar-refractivity contribution in [2.45, 2.75) is 6.04 Å². The van der Waals surface area contributed by atoms with Crippen molar-refractivity contribution in [1.82, 2.24) is 19.9 Å². The van der Waals surface area contributed by atoms with E-state index in [1.165, 1.54) is 0 Å². The second-order valence-electron chi connectivity index (χ2n) is 6.86. The van der Waals surface area contributed by atoms with Gasteiger partial charge >= 0.3 is 6.03 Å². The highest BCUT2D eigenvalue weighted by atomic mass is 16.6. The molecule has 11 heteroatoms. The number of ether oxygens (including phenoxy) is 3. The standard InChI is InChI=1S/C19H21N7O4/c1-20-16-7-15(23-12-3-2-4-14-17(12)30-6-5-29-14)25-18-13(8-21-26(16)18)24-19(27)22-11-9-28-10-11/h2-4,7-8,11,20H,5-6,9-10H2,1H3,(H,23,25)(H2,22,24,27). The minimum atomic E-state index is -0.327. The normalized spacial score (nSPS) is 15.4. The predicted molar refractivity (Wildman–Crippen MR) is 110 cm³/mol. The highest BCUT2D eigenvalue weighted by molar-refractivity contribution is 5.93. The molecule has 2 aliphatic rings. The molecule has 0 spiro atoms. The van der Waals surface area contributed by atoms with Crippen LogP contribution in [0, 0.1) is 0 Å². The van der Waals surface area contributed by atoms with Gasteiger partial charge in [-0.1, -0.05) is 6.07 Å². The lowest BCUT2D eigenvalue weighted by atomic mass is 10.2. The van der Waals surface area contributed by atoms with Crippen LogP contribution in [-0.4, -0.2) is 60.1 Å². The first kappa shape index (κ1) is 18.3. The third kappa shape index (κ3) is 3.39. The third-order valence-electron chi connectivity index (χ3n) is 4.78. The number of hydrogen-bond donors (Lipinski definition) is 4. The molecule has 11 nitrogen and oxygen atoms in total. The molecule has 2 aliphatic heterocycles. The molecule has 1 saturated heterocycles. The monoisotopic (exact) mass is 411 g/mol. The Kier molecular flexibility index (Phi) is 4.64. The molecular weight excluding hydrogens is 390 g/mol. The Labute approximate surface area is 171 Å². The summed E-state index contributed by atoms with van der Waals surface area (Å²) in [5, 5.41) is 16.3. The van der Waals surface area contributed by atoms with Crippen LogP contribution in [0.1, 0.15) is 0 Å². The van der Waals surface area contributed by atoms with Crippen LogP contribution in [0.2, 0.25) is 0 Å². The van der Waals surface area contributed by atoms with Gasteiger partial charge in [0.1, 0.15) is 30.5 Å². The van der Waals surface area contributed by atoms with Crippen molar-refractivity contribution >= 4 is 34.7 Å². The van der Waals surface area contributed by atoms with Crippen LogP contribution < -0.4 is 30.7 Å². The zero-order valence-electron chi connectivity index (χ0n) is 16.3. The largest absolute Gasteiger partial charge is 0.486 e. The number of para-hydroxylation sites is 1. The van der Waals surface area contributed by atoms with Gasteiger partial charge in [-0.15, -0.1) is 0 Å². The topological polar surface area (TPSA) is 123 Å². The summed E-state index contributed by atoms with van der Waals surface area (Å²) in [5.74, 6) is 2.59. The molecule has 3 aromatic rings. The van der Waals surface area contributed by atoms with Crippen LogP contribution in [0.5, 0.6) is 11.5 Å². The van der Waals surface area contributed by atoms with E-state index in [0.717, 1.165) is 5.69 Å². The van der Waals surface area contributed by atoms with Crippen LogP contribution in [0.4, 0.5) is 27.8 Å². The van der Waals surface area contributed by atoms with Gasteiger partial charge < -0.3 is 35.5 Å². The Balaban J connectivity index is 1.45. The molecule has 156 valence electrons. The molecule has 1 fully saturated rings. The Morgan fingerprint density at radius 1 is 1.20 bits per heavy atom. The van der Waals surface area contributed by atoms with E-state index in [0.29, 0.717) is 60.9 Å². The van der Waals surface area contributed by atoms with Crippen LogP contribution in [0.25, 0.3) is 5.65 Å². The number of aromatic nitrogens is 3. The molecule has 30 heavy (non-hydrogen) atoms. The summed E-state index contributed by atoms with van der Waals surface area (Å²) in [6, 6.07) is 7.15. The van der Waals surface area contributed by atoms with Crippen molar-refractivity contribution in [2.24, 2.45) is 0 Å². The van der Waals surface area contributed by atoms with Crippen molar-refractivity contribution in [2.75, 3.05) is 49.4 Å². The Bertz CT molecular complexity index is 1100. The highest BCUT2D eigenvalue weighted by Gasteiger charge is 2.22. The van der Waals surface area contributed by atoms with Gasteiger partial charge in [0, 0.05) is 13.1 Å². The predicted octanol–water partition coefficient (Wildman–Crippen LogP) is 1.81. The summed E-state index contributed by atoms with van der Waals surface area (Å²) in [7, 11) is 1.79. The van der Waals surface area contributed by atoms with Gasteiger partial charge in [0.15, 0.2) is 17.1 Å². The summed E-state index contributed by atoms with van der Waals surface area (Å²) in [4.78, 5) is 16.9. The molecule has 0 aliphatic carbocycles. The fourth-order valence-corrected chi connectivity index (χ4v) is 3.27. The van der Waals surface area contributed by atoms with Crippen molar-refractivity contribution in [3.8, 4) is 11.5 Å².